The van der Waals surface area contributed by atoms with Crippen LogP contribution in [0, 0.1) is 27.7 Å². The van der Waals surface area contributed by atoms with Gasteiger partial charge in [-0.3, -0.25) is 9.69 Å². The lowest BCUT2D eigenvalue weighted by atomic mass is 9.91. The van der Waals surface area contributed by atoms with Crippen molar-refractivity contribution >= 4 is 41.0 Å². The Labute approximate surface area is 340 Å². The Morgan fingerprint density at radius 1 is 0.672 bits per heavy atom. The monoisotopic (exact) mass is 789 g/mol. The molecule has 0 atom stereocenters. The molecular formula is C44H55N9O5. The molecule has 3 aliphatic rings. The highest BCUT2D eigenvalue weighted by Crippen LogP contribution is 2.43. The van der Waals surface area contributed by atoms with E-state index < -0.39 is 17.5 Å². The number of carbonyl (C=O) groups is 3. The number of hydrogen-bond acceptors (Lipinski definition) is 11. The van der Waals surface area contributed by atoms with E-state index in [0.29, 0.717) is 54.6 Å². The first-order valence-corrected chi connectivity index (χ1v) is 19.9. The summed E-state index contributed by atoms with van der Waals surface area (Å²) in [4.78, 5) is 67.7. The van der Waals surface area contributed by atoms with E-state index >= 15 is 0 Å². The molecule has 2 saturated heterocycles. The quantitative estimate of drug-likeness (QED) is 0.209. The van der Waals surface area contributed by atoms with Gasteiger partial charge in [0.2, 0.25) is 0 Å². The highest BCUT2D eigenvalue weighted by Gasteiger charge is 2.42. The maximum absolute atomic E-state index is 14.2. The predicted molar refractivity (Wildman–Crippen MR) is 224 cm³/mol. The Hall–Kier alpha value is -5.63. The average Bonchev–Trinajstić information content (AvgIpc) is 3.40. The van der Waals surface area contributed by atoms with Crippen molar-refractivity contribution in [1.29, 1.82) is 0 Å². The van der Waals surface area contributed by atoms with Gasteiger partial charge in [-0.25, -0.2) is 29.5 Å². The van der Waals surface area contributed by atoms with E-state index in [2.05, 4.69) is 69.4 Å². The van der Waals surface area contributed by atoms with Gasteiger partial charge in [0.15, 0.2) is 0 Å². The number of piperazine rings is 2. The second-order valence-corrected chi connectivity index (χ2v) is 18.0. The van der Waals surface area contributed by atoms with Gasteiger partial charge in [0, 0.05) is 69.5 Å². The Kier molecular flexibility index (Phi) is 10.2. The normalized spacial score (nSPS) is 18.7. The number of rotatable bonds is 8. The largest absolute Gasteiger partial charge is 0.478 e. The van der Waals surface area contributed by atoms with Gasteiger partial charge >= 0.3 is 11.9 Å². The third-order valence-corrected chi connectivity index (χ3v) is 12.1. The molecule has 4 aromatic rings. The molecule has 0 saturated carbocycles. The summed E-state index contributed by atoms with van der Waals surface area (Å²) < 4.78 is 0. The third kappa shape index (κ3) is 7.45. The number of anilines is 4. The highest BCUT2D eigenvalue weighted by atomic mass is 16.4. The minimum atomic E-state index is -0.983. The molecule has 0 radical (unpaired) electrons. The van der Waals surface area contributed by atoms with E-state index in [4.69, 9.17) is 9.97 Å². The van der Waals surface area contributed by atoms with Crippen molar-refractivity contribution in [2.45, 2.75) is 92.3 Å². The maximum atomic E-state index is 14.2. The summed E-state index contributed by atoms with van der Waals surface area (Å²) in [6.07, 6.45) is 1.95. The van der Waals surface area contributed by atoms with Crippen LogP contribution in [0.4, 0.5) is 23.1 Å². The second-order valence-electron chi connectivity index (χ2n) is 18.0. The van der Waals surface area contributed by atoms with Crippen molar-refractivity contribution < 1.29 is 24.6 Å². The number of fused-ring (bicyclic) bond motifs is 1. The van der Waals surface area contributed by atoms with E-state index in [9.17, 15) is 24.6 Å². The maximum Gasteiger partial charge on any atom is 0.337 e. The molecule has 2 N–H and O–H groups in total. The topological polar surface area (TPSA) is 159 Å². The zero-order valence-corrected chi connectivity index (χ0v) is 35.3. The molecule has 1 amide bonds. The van der Waals surface area contributed by atoms with Crippen LogP contribution in [0.1, 0.15) is 107 Å². The lowest BCUT2D eigenvalue weighted by molar-refractivity contribution is 0.0506. The van der Waals surface area contributed by atoms with Crippen LogP contribution in [0.5, 0.6) is 0 Å². The van der Waals surface area contributed by atoms with E-state index in [1.807, 2.05) is 56.1 Å². The first kappa shape index (κ1) is 40.6. The first-order chi connectivity index (χ1) is 27.2. The fraction of sp³-hybridized carbons (Fsp3) is 0.477. The minimum Gasteiger partial charge on any atom is -0.478 e. The molecule has 0 aromatic carbocycles. The number of aromatic carboxylic acids is 2. The summed E-state index contributed by atoms with van der Waals surface area (Å²) >= 11 is 0. The zero-order chi connectivity index (χ0) is 42.1. The lowest BCUT2D eigenvalue weighted by Gasteiger charge is -2.47. The zero-order valence-electron chi connectivity index (χ0n) is 35.3. The summed E-state index contributed by atoms with van der Waals surface area (Å²) in [5.41, 5.74) is 5.21. The van der Waals surface area contributed by atoms with Crippen LogP contribution in [-0.2, 0) is 12.0 Å². The molecule has 14 heteroatoms. The Bertz CT molecular complexity index is 2260. The van der Waals surface area contributed by atoms with Gasteiger partial charge in [0.1, 0.15) is 23.1 Å². The number of hydrogen-bond donors (Lipinski definition) is 2. The summed E-state index contributed by atoms with van der Waals surface area (Å²) in [6, 6.07) is 11.7. The van der Waals surface area contributed by atoms with Gasteiger partial charge < -0.3 is 29.8 Å². The molecular weight excluding hydrogens is 735 g/mol. The number of aryl methyl sites for hydroxylation is 4. The van der Waals surface area contributed by atoms with Gasteiger partial charge in [0.05, 0.1) is 39.4 Å². The molecule has 3 aliphatic heterocycles. The molecule has 0 aliphatic carbocycles. The summed E-state index contributed by atoms with van der Waals surface area (Å²) in [7, 11) is 0. The lowest BCUT2D eigenvalue weighted by Crippen LogP contribution is -2.61. The standard InChI is InChI=1S/C44H55N9O5/c1-26-19-34(46-28(3)36(26)40(55)56)49-15-17-51(43(7,8)24-49)22-30-11-14-33(45-21-30)52-23-42(5,6)38-32(52)13-12-31(48-38)39(54)53-18-16-50(25-44(53,9)10)35-20-27(2)37(41(57)58)29(4)47-35/h11-14,19-21H,15-18,22-25H2,1-10H3,(H,55,56)(H,57,58). The van der Waals surface area contributed by atoms with Crippen molar-refractivity contribution in [3.05, 3.63) is 93.2 Å². The number of carboxylic acid groups (broad SMARTS) is 2. The summed E-state index contributed by atoms with van der Waals surface area (Å²) in [5, 5.41) is 19.2. The molecule has 14 nitrogen and oxygen atoms in total. The Morgan fingerprint density at radius 2 is 1.24 bits per heavy atom. The van der Waals surface area contributed by atoms with Gasteiger partial charge in [-0.2, -0.15) is 0 Å². The number of nitrogens with zero attached hydrogens (tertiary/aromatic N) is 9. The second kappa shape index (κ2) is 14.6. The van der Waals surface area contributed by atoms with E-state index in [1.54, 1.807) is 20.8 Å². The third-order valence-electron chi connectivity index (χ3n) is 12.1. The average molecular weight is 790 g/mol. The van der Waals surface area contributed by atoms with Crippen LogP contribution in [0.25, 0.3) is 0 Å². The fourth-order valence-electron chi connectivity index (χ4n) is 9.07. The molecule has 58 heavy (non-hydrogen) atoms. The molecule has 306 valence electrons. The minimum absolute atomic E-state index is 0.118. The van der Waals surface area contributed by atoms with Crippen LogP contribution in [0.3, 0.4) is 0 Å². The highest BCUT2D eigenvalue weighted by molar-refractivity contribution is 5.94. The number of pyridine rings is 4. The SMILES string of the molecule is Cc1cc(N2CCN(Cc3ccc(N4CC(C)(C)c5nc(C(=O)N6CCN(c7cc(C)c(C(=O)O)c(C)n7)CC6(C)C)ccc54)nc3)C(C)(C)C2)nc(C)c1C(=O)O. The molecule has 7 rings (SSSR count). The Balaban J connectivity index is 1.02. The molecule has 0 unspecified atom stereocenters. The van der Waals surface area contributed by atoms with Crippen molar-refractivity contribution in [3.63, 3.8) is 0 Å². The van der Waals surface area contributed by atoms with Gasteiger partial charge in [-0.05, 0) is 102 Å². The van der Waals surface area contributed by atoms with E-state index in [1.165, 1.54) is 0 Å². The first-order valence-electron chi connectivity index (χ1n) is 19.9. The van der Waals surface area contributed by atoms with E-state index in [-0.39, 0.29) is 28.0 Å². The van der Waals surface area contributed by atoms with Crippen LogP contribution in [0.2, 0.25) is 0 Å². The van der Waals surface area contributed by atoms with Crippen LogP contribution in [0.15, 0.2) is 42.6 Å². The molecule has 0 bridgehead atoms. The van der Waals surface area contributed by atoms with Crippen molar-refractivity contribution in [2.75, 3.05) is 60.5 Å². The number of carbonyl (C=O) groups excluding carboxylic acids is 1. The van der Waals surface area contributed by atoms with E-state index in [0.717, 1.165) is 60.3 Å². The predicted octanol–water partition coefficient (Wildman–Crippen LogP) is 6.17. The van der Waals surface area contributed by atoms with Crippen molar-refractivity contribution in [3.8, 4) is 0 Å². The summed E-state index contributed by atoms with van der Waals surface area (Å²) in [5.74, 6) is 0.306. The Morgan fingerprint density at radius 3 is 1.74 bits per heavy atom. The smallest absolute Gasteiger partial charge is 0.337 e. The van der Waals surface area contributed by atoms with Crippen molar-refractivity contribution in [1.82, 2.24) is 29.7 Å². The molecule has 2 fully saturated rings. The van der Waals surface area contributed by atoms with Crippen molar-refractivity contribution in [2.24, 2.45) is 0 Å². The van der Waals surface area contributed by atoms with Crippen LogP contribution < -0.4 is 14.7 Å². The van der Waals surface area contributed by atoms with Crippen LogP contribution >= 0.6 is 0 Å². The molecule has 7 heterocycles. The van der Waals surface area contributed by atoms with Gasteiger partial charge in [-0.15, -0.1) is 0 Å². The fourth-order valence-corrected chi connectivity index (χ4v) is 9.07. The molecule has 0 spiro atoms. The number of aromatic nitrogens is 4. The molecule has 4 aromatic heterocycles. The summed E-state index contributed by atoms with van der Waals surface area (Å²) in [6.45, 7) is 25.3. The number of amides is 1. The van der Waals surface area contributed by atoms with Gasteiger partial charge in [-0.1, -0.05) is 19.9 Å². The van der Waals surface area contributed by atoms with Crippen LogP contribution in [-0.4, -0.2) is 115 Å². The number of carboxylic acids is 2. The van der Waals surface area contributed by atoms with Gasteiger partial charge in [0.25, 0.3) is 5.91 Å².